The lowest BCUT2D eigenvalue weighted by molar-refractivity contribution is 0.224. The van der Waals surface area contributed by atoms with Gasteiger partial charge in [-0.2, -0.15) is 0 Å². The molecule has 28 heavy (non-hydrogen) atoms. The molecule has 2 aromatic carbocycles. The minimum absolute atomic E-state index is 0.148. The van der Waals surface area contributed by atoms with Gasteiger partial charge >= 0.3 is 6.03 Å². The van der Waals surface area contributed by atoms with Crippen LogP contribution in [0.5, 0.6) is 5.75 Å². The fourth-order valence-corrected chi connectivity index (χ4v) is 2.93. The molecule has 0 unspecified atom stereocenters. The lowest BCUT2D eigenvalue weighted by Gasteiger charge is -2.17. The normalized spacial score (nSPS) is 11.7. The van der Waals surface area contributed by atoms with E-state index in [2.05, 4.69) is 15.6 Å². The van der Waals surface area contributed by atoms with Crippen LogP contribution in [0.25, 0.3) is 5.69 Å². The number of imidazole rings is 1. The molecular formula is C21H24N4O3. The highest BCUT2D eigenvalue weighted by Gasteiger charge is 2.13. The van der Waals surface area contributed by atoms with E-state index < -0.39 is 0 Å². The fraction of sp³-hybridized carbons (Fsp3) is 0.238. The number of urea groups is 1. The van der Waals surface area contributed by atoms with Gasteiger partial charge in [-0.25, -0.2) is 9.78 Å². The van der Waals surface area contributed by atoms with Gasteiger partial charge in [0.2, 0.25) is 0 Å². The van der Waals surface area contributed by atoms with Gasteiger partial charge in [0.25, 0.3) is 0 Å². The Balaban J connectivity index is 1.66. The molecule has 146 valence electrons. The molecule has 2 amide bonds. The molecule has 1 atom stereocenters. The molecule has 0 fully saturated rings. The molecule has 3 aromatic rings. The van der Waals surface area contributed by atoms with Gasteiger partial charge in [-0.3, -0.25) is 0 Å². The number of aryl methyl sites for hydroxylation is 1. The summed E-state index contributed by atoms with van der Waals surface area (Å²) < 4.78 is 7.31. The summed E-state index contributed by atoms with van der Waals surface area (Å²) in [5.74, 6) is 0.609. The predicted octanol–water partition coefficient (Wildman–Crippen LogP) is 2.91. The summed E-state index contributed by atoms with van der Waals surface area (Å²) in [6.45, 7) is 1.76. The molecule has 0 bridgehead atoms. The number of amides is 2. The minimum atomic E-state index is -0.386. The fourth-order valence-electron chi connectivity index (χ4n) is 2.93. The van der Waals surface area contributed by atoms with E-state index in [0.29, 0.717) is 17.9 Å². The maximum Gasteiger partial charge on any atom is 0.319 e. The topological polar surface area (TPSA) is 88.4 Å². The lowest BCUT2D eigenvalue weighted by Crippen LogP contribution is -2.41. The van der Waals surface area contributed by atoms with Crippen molar-refractivity contribution in [2.45, 2.75) is 19.4 Å². The quantitative estimate of drug-likeness (QED) is 0.588. The number of aromatic nitrogens is 2. The minimum Gasteiger partial charge on any atom is -0.494 e. The van der Waals surface area contributed by atoms with Crippen LogP contribution in [-0.4, -0.2) is 40.4 Å². The molecule has 1 aromatic heterocycles. The molecule has 0 aliphatic carbocycles. The second-order valence-electron chi connectivity index (χ2n) is 6.48. The monoisotopic (exact) mass is 380 g/mol. The van der Waals surface area contributed by atoms with Crippen molar-refractivity contribution in [1.82, 2.24) is 14.9 Å². The van der Waals surface area contributed by atoms with Crippen LogP contribution in [0.3, 0.4) is 0 Å². The number of aliphatic hydroxyl groups is 1. The third kappa shape index (κ3) is 4.89. The highest BCUT2D eigenvalue weighted by Crippen LogP contribution is 2.26. The van der Waals surface area contributed by atoms with Crippen molar-refractivity contribution in [1.29, 1.82) is 0 Å². The molecule has 3 N–H and O–H groups in total. The Morgan fingerprint density at radius 1 is 1.25 bits per heavy atom. The van der Waals surface area contributed by atoms with Crippen molar-refractivity contribution in [2.24, 2.45) is 0 Å². The number of hydrogen-bond acceptors (Lipinski definition) is 4. The van der Waals surface area contributed by atoms with E-state index in [-0.39, 0.29) is 18.7 Å². The zero-order valence-electron chi connectivity index (χ0n) is 15.9. The number of rotatable bonds is 7. The summed E-state index contributed by atoms with van der Waals surface area (Å²) in [6, 6.07) is 14.3. The van der Waals surface area contributed by atoms with Crippen LogP contribution in [0.2, 0.25) is 0 Å². The molecule has 0 saturated heterocycles. The number of methoxy groups -OCH3 is 1. The summed E-state index contributed by atoms with van der Waals surface area (Å²) >= 11 is 0. The number of hydrogen-bond donors (Lipinski definition) is 3. The summed E-state index contributed by atoms with van der Waals surface area (Å²) in [4.78, 5) is 16.6. The van der Waals surface area contributed by atoms with E-state index in [1.54, 1.807) is 25.6 Å². The number of anilines is 1. The number of nitrogens with zero attached hydrogens (tertiary/aromatic N) is 2. The Kier molecular flexibility index (Phi) is 6.29. The molecule has 0 saturated carbocycles. The van der Waals surface area contributed by atoms with Crippen LogP contribution in [0.15, 0.2) is 61.1 Å². The lowest BCUT2D eigenvalue weighted by atomic mass is 10.1. The van der Waals surface area contributed by atoms with Crippen LogP contribution in [0.4, 0.5) is 10.5 Å². The van der Waals surface area contributed by atoms with E-state index in [0.717, 1.165) is 16.9 Å². The van der Waals surface area contributed by atoms with Crippen molar-refractivity contribution in [3.63, 3.8) is 0 Å². The van der Waals surface area contributed by atoms with Crippen LogP contribution in [0.1, 0.15) is 11.3 Å². The maximum absolute atomic E-state index is 12.3. The van der Waals surface area contributed by atoms with E-state index in [1.807, 2.05) is 54.1 Å². The number of ether oxygens (including phenoxy) is 1. The SMILES string of the molecule is COc1cc(NC(=O)N[C@H](CO)Cc2ccccc2)ccc1-n1cnc(C)c1. The average Bonchev–Trinajstić information content (AvgIpc) is 3.14. The first-order valence-corrected chi connectivity index (χ1v) is 9.00. The summed E-state index contributed by atoms with van der Waals surface area (Å²) in [7, 11) is 1.58. The first-order valence-electron chi connectivity index (χ1n) is 9.00. The highest BCUT2D eigenvalue weighted by molar-refractivity contribution is 5.90. The summed E-state index contributed by atoms with van der Waals surface area (Å²) in [6.07, 6.45) is 4.16. The maximum atomic E-state index is 12.3. The van der Waals surface area contributed by atoms with Crippen LogP contribution in [0, 0.1) is 6.92 Å². The molecule has 3 rings (SSSR count). The second-order valence-corrected chi connectivity index (χ2v) is 6.48. The average molecular weight is 380 g/mol. The third-order valence-electron chi connectivity index (χ3n) is 4.31. The Morgan fingerprint density at radius 3 is 2.68 bits per heavy atom. The van der Waals surface area contributed by atoms with E-state index in [1.165, 1.54) is 0 Å². The molecule has 0 spiro atoms. The van der Waals surface area contributed by atoms with Crippen molar-refractivity contribution >= 4 is 11.7 Å². The van der Waals surface area contributed by atoms with Gasteiger partial charge < -0.3 is 25.0 Å². The standard InChI is InChI=1S/C21H24N4O3/c1-15-12-25(14-22-15)19-9-8-17(11-20(19)28-2)23-21(27)24-18(13-26)10-16-6-4-3-5-7-16/h3-9,11-12,14,18,26H,10,13H2,1-2H3,(H2,23,24,27)/t18-/m0/s1. The Bertz CT molecular complexity index is 924. The Morgan fingerprint density at radius 2 is 2.04 bits per heavy atom. The first kappa shape index (κ1) is 19.4. The molecule has 7 nitrogen and oxygen atoms in total. The van der Waals surface area contributed by atoms with Gasteiger partial charge in [0.05, 0.1) is 37.5 Å². The smallest absolute Gasteiger partial charge is 0.319 e. The van der Waals surface area contributed by atoms with Crippen LogP contribution < -0.4 is 15.4 Å². The first-order chi connectivity index (χ1) is 13.6. The Hall–Kier alpha value is -3.32. The van der Waals surface area contributed by atoms with Gasteiger partial charge in [0.1, 0.15) is 5.75 Å². The molecule has 0 radical (unpaired) electrons. The molecule has 0 aliphatic heterocycles. The van der Waals surface area contributed by atoms with Crippen LogP contribution >= 0.6 is 0 Å². The largest absolute Gasteiger partial charge is 0.494 e. The molecule has 1 heterocycles. The van der Waals surface area contributed by atoms with Gasteiger partial charge in [0.15, 0.2) is 0 Å². The van der Waals surface area contributed by atoms with Crippen molar-refractivity contribution in [3.8, 4) is 11.4 Å². The molecular weight excluding hydrogens is 356 g/mol. The molecule has 7 heteroatoms. The van der Waals surface area contributed by atoms with E-state index in [4.69, 9.17) is 4.74 Å². The zero-order chi connectivity index (χ0) is 19.9. The van der Waals surface area contributed by atoms with Crippen molar-refractivity contribution < 1.29 is 14.6 Å². The van der Waals surface area contributed by atoms with Crippen LogP contribution in [-0.2, 0) is 6.42 Å². The highest BCUT2D eigenvalue weighted by atomic mass is 16.5. The number of benzene rings is 2. The van der Waals surface area contributed by atoms with Crippen molar-refractivity contribution in [2.75, 3.05) is 19.0 Å². The summed E-state index contributed by atoms with van der Waals surface area (Å²) in [5, 5.41) is 15.2. The van der Waals surface area contributed by atoms with E-state index in [9.17, 15) is 9.90 Å². The second kappa shape index (κ2) is 9.05. The third-order valence-corrected chi connectivity index (χ3v) is 4.31. The zero-order valence-corrected chi connectivity index (χ0v) is 15.9. The molecule has 0 aliphatic rings. The number of carbonyl (C=O) groups excluding carboxylic acids is 1. The predicted molar refractivity (Wildman–Crippen MR) is 108 cm³/mol. The number of aliphatic hydroxyl groups excluding tert-OH is 1. The van der Waals surface area contributed by atoms with Gasteiger partial charge in [-0.15, -0.1) is 0 Å². The number of carbonyl (C=O) groups is 1. The van der Waals surface area contributed by atoms with E-state index >= 15 is 0 Å². The van der Waals surface area contributed by atoms with Gasteiger partial charge in [0, 0.05) is 18.0 Å². The van der Waals surface area contributed by atoms with Gasteiger partial charge in [-0.1, -0.05) is 30.3 Å². The number of nitrogens with one attached hydrogen (secondary N) is 2. The summed E-state index contributed by atoms with van der Waals surface area (Å²) in [5.41, 5.74) is 3.36. The van der Waals surface area contributed by atoms with Gasteiger partial charge in [-0.05, 0) is 31.0 Å². The Labute approximate surface area is 164 Å². The van der Waals surface area contributed by atoms with Crippen molar-refractivity contribution in [3.05, 3.63) is 72.3 Å².